The van der Waals surface area contributed by atoms with Gasteiger partial charge in [-0.25, -0.2) is 4.39 Å². The van der Waals surface area contributed by atoms with E-state index in [0.29, 0.717) is 5.69 Å². The maximum atomic E-state index is 13.0. The Morgan fingerprint density at radius 3 is 2.38 bits per heavy atom. The summed E-state index contributed by atoms with van der Waals surface area (Å²) in [5.41, 5.74) is 6.12. The van der Waals surface area contributed by atoms with Crippen molar-refractivity contribution in [3.8, 4) is 12.1 Å². The minimum Gasteiger partial charge on any atom is -0.397 e. The number of benzene rings is 1. The summed E-state index contributed by atoms with van der Waals surface area (Å²) in [5, 5.41) is 17.1. The quantitative estimate of drug-likeness (QED) is 0.645. The Morgan fingerprint density at radius 2 is 1.88 bits per heavy atom. The first-order chi connectivity index (χ1) is 7.60. The van der Waals surface area contributed by atoms with Crippen molar-refractivity contribution in [3.05, 3.63) is 23.0 Å². The molecule has 0 bridgehead atoms. The maximum Gasteiger partial charge on any atom is 0.143 e. The van der Waals surface area contributed by atoms with Crippen LogP contribution in [-0.4, -0.2) is 13.1 Å². The highest BCUT2D eigenvalue weighted by Gasteiger charge is 2.12. The zero-order valence-electron chi connectivity index (χ0n) is 8.24. The molecule has 4 nitrogen and oxygen atoms in total. The van der Waals surface area contributed by atoms with Crippen LogP contribution >= 0.6 is 11.6 Å². The minimum atomic E-state index is -0.628. The van der Waals surface area contributed by atoms with Gasteiger partial charge >= 0.3 is 0 Å². The second-order valence-electron chi connectivity index (χ2n) is 3.00. The summed E-state index contributed by atoms with van der Waals surface area (Å²) in [6, 6.07) is 6.16. The lowest BCUT2D eigenvalue weighted by Crippen LogP contribution is -2.24. The number of rotatable bonds is 3. The van der Waals surface area contributed by atoms with Crippen LogP contribution in [0.25, 0.3) is 0 Å². The molecule has 0 aliphatic carbocycles. The molecule has 0 heterocycles. The van der Waals surface area contributed by atoms with Gasteiger partial charge in [-0.05, 0) is 6.07 Å². The van der Waals surface area contributed by atoms with Crippen LogP contribution in [0.15, 0.2) is 12.1 Å². The third-order valence-corrected chi connectivity index (χ3v) is 2.22. The lowest BCUT2D eigenvalue weighted by Gasteiger charge is -2.20. The van der Waals surface area contributed by atoms with Crippen molar-refractivity contribution >= 4 is 23.0 Å². The van der Waals surface area contributed by atoms with Gasteiger partial charge in [-0.2, -0.15) is 10.5 Å². The van der Waals surface area contributed by atoms with E-state index >= 15 is 0 Å². The van der Waals surface area contributed by atoms with E-state index < -0.39 is 5.82 Å². The van der Waals surface area contributed by atoms with Crippen molar-refractivity contribution in [2.24, 2.45) is 0 Å². The molecular formula is C10H8ClFN4. The highest BCUT2D eigenvalue weighted by molar-refractivity contribution is 6.31. The van der Waals surface area contributed by atoms with Crippen LogP contribution < -0.4 is 10.6 Å². The Hall–Kier alpha value is -1.98. The lowest BCUT2D eigenvalue weighted by atomic mass is 10.2. The molecule has 1 aromatic carbocycles. The molecule has 0 aromatic heterocycles. The van der Waals surface area contributed by atoms with E-state index in [9.17, 15) is 4.39 Å². The largest absolute Gasteiger partial charge is 0.397 e. The van der Waals surface area contributed by atoms with Crippen molar-refractivity contribution < 1.29 is 4.39 Å². The molecule has 2 N–H and O–H groups in total. The standard InChI is InChI=1S/C10H8ClFN4/c11-7-5-10(9(15)6-8(7)12)16(3-1-13)4-2-14/h5-6H,3-4,15H2. The fourth-order valence-electron chi connectivity index (χ4n) is 1.22. The number of anilines is 2. The molecule has 0 spiro atoms. The average Bonchev–Trinajstić information content (AvgIpc) is 2.23. The number of nitriles is 2. The summed E-state index contributed by atoms with van der Waals surface area (Å²) in [7, 11) is 0. The van der Waals surface area contributed by atoms with Crippen LogP contribution in [0, 0.1) is 28.5 Å². The van der Waals surface area contributed by atoms with Crippen LogP contribution in [0.3, 0.4) is 0 Å². The van der Waals surface area contributed by atoms with E-state index in [1.807, 2.05) is 12.1 Å². The molecule has 0 amide bonds. The Morgan fingerprint density at radius 1 is 1.31 bits per heavy atom. The number of nitrogens with two attached hydrogens (primary N) is 1. The maximum absolute atomic E-state index is 13.0. The molecule has 6 heteroatoms. The Bertz CT molecular complexity index is 459. The van der Waals surface area contributed by atoms with Crippen molar-refractivity contribution in [2.75, 3.05) is 23.7 Å². The summed E-state index contributed by atoms with van der Waals surface area (Å²) in [6.45, 7) is -0.0283. The van der Waals surface area contributed by atoms with Crippen LogP contribution in [0.4, 0.5) is 15.8 Å². The summed E-state index contributed by atoms with van der Waals surface area (Å²) in [4.78, 5) is 1.42. The van der Waals surface area contributed by atoms with Gasteiger partial charge in [0, 0.05) is 6.07 Å². The van der Waals surface area contributed by atoms with Gasteiger partial charge in [0.1, 0.15) is 18.9 Å². The van der Waals surface area contributed by atoms with Crippen molar-refractivity contribution in [2.45, 2.75) is 0 Å². The van der Waals surface area contributed by atoms with Crippen molar-refractivity contribution in [3.63, 3.8) is 0 Å². The predicted octanol–water partition coefficient (Wildman–Crippen LogP) is 1.91. The average molecular weight is 239 g/mol. The van der Waals surface area contributed by atoms with Gasteiger partial charge in [-0.15, -0.1) is 0 Å². The van der Waals surface area contributed by atoms with E-state index in [1.54, 1.807) is 0 Å². The molecule has 0 fully saturated rings. The molecule has 0 aliphatic rings. The van der Waals surface area contributed by atoms with Gasteiger partial charge in [0.05, 0.1) is 28.5 Å². The molecule has 16 heavy (non-hydrogen) atoms. The second kappa shape index (κ2) is 5.20. The monoisotopic (exact) mass is 238 g/mol. The Labute approximate surface area is 97.2 Å². The molecule has 0 radical (unpaired) electrons. The molecule has 0 atom stereocenters. The van der Waals surface area contributed by atoms with E-state index in [2.05, 4.69) is 0 Å². The fraction of sp³-hybridized carbons (Fsp3) is 0.200. The minimum absolute atomic E-state index is 0.0142. The molecule has 0 unspecified atom stereocenters. The summed E-state index contributed by atoms with van der Waals surface area (Å²) >= 11 is 5.61. The van der Waals surface area contributed by atoms with Gasteiger partial charge in [-0.1, -0.05) is 11.6 Å². The SMILES string of the molecule is N#CCN(CC#N)c1cc(Cl)c(F)cc1N. The smallest absolute Gasteiger partial charge is 0.143 e. The topological polar surface area (TPSA) is 76.8 Å². The summed E-state index contributed by atoms with van der Waals surface area (Å²) < 4.78 is 13.0. The van der Waals surface area contributed by atoms with Crippen molar-refractivity contribution in [1.82, 2.24) is 0 Å². The number of hydrogen-bond donors (Lipinski definition) is 1. The first-order valence-corrected chi connectivity index (χ1v) is 4.71. The highest BCUT2D eigenvalue weighted by atomic mass is 35.5. The van der Waals surface area contributed by atoms with E-state index in [0.717, 1.165) is 6.07 Å². The van der Waals surface area contributed by atoms with E-state index in [4.69, 9.17) is 27.9 Å². The van der Waals surface area contributed by atoms with Crippen LogP contribution in [-0.2, 0) is 0 Å². The zero-order chi connectivity index (χ0) is 12.1. The summed E-state index contributed by atoms with van der Waals surface area (Å²) in [6.07, 6.45) is 0. The second-order valence-corrected chi connectivity index (χ2v) is 3.40. The van der Waals surface area contributed by atoms with Gasteiger partial charge < -0.3 is 10.6 Å². The fourth-order valence-corrected chi connectivity index (χ4v) is 1.38. The normalized spacial score (nSPS) is 9.25. The lowest BCUT2D eigenvalue weighted by molar-refractivity contribution is 0.629. The van der Waals surface area contributed by atoms with Crippen molar-refractivity contribution in [1.29, 1.82) is 10.5 Å². The van der Waals surface area contributed by atoms with Gasteiger partial charge in [0.15, 0.2) is 0 Å². The number of nitrogen functional groups attached to an aromatic ring is 1. The highest BCUT2D eigenvalue weighted by Crippen LogP contribution is 2.29. The molecule has 82 valence electrons. The molecule has 0 aliphatic heterocycles. The van der Waals surface area contributed by atoms with Crippen LogP contribution in [0.1, 0.15) is 0 Å². The Balaban J connectivity index is 3.15. The number of halogens is 2. The summed E-state index contributed by atoms with van der Waals surface area (Å²) in [5.74, 6) is -0.628. The molecule has 0 saturated carbocycles. The molecule has 0 saturated heterocycles. The number of nitrogens with zero attached hydrogens (tertiary/aromatic N) is 3. The third-order valence-electron chi connectivity index (χ3n) is 1.93. The van der Waals surface area contributed by atoms with E-state index in [1.165, 1.54) is 11.0 Å². The van der Waals surface area contributed by atoms with Gasteiger partial charge in [0.25, 0.3) is 0 Å². The van der Waals surface area contributed by atoms with Gasteiger partial charge in [0.2, 0.25) is 0 Å². The first-order valence-electron chi connectivity index (χ1n) is 4.33. The zero-order valence-corrected chi connectivity index (χ0v) is 9.00. The van der Waals surface area contributed by atoms with Crippen LogP contribution in [0.5, 0.6) is 0 Å². The van der Waals surface area contributed by atoms with Gasteiger partial charge in [-0.3, -0.25) is 0 Å². The molecule has 1 aromatic rings. The van der Waals surface area contributed by atoms with E-state index in [-0.39, 0.29) is 23.8 Å². The Kier molecular flexibility index (Phi) is 3.93. The molecule has 1 rings (SSSR count). The van der Waals surface area contributed by atoms with Crippen LogP contribution in [0.2, 0.25) is 5.02 Å². The third kappa shape index (κ3) is 2.53. The first kappa shape index (κ1) is 12.1. The number of hydrogen-bond acceptors (Lipinski definition) is 4. The molecular weight excluding hydrogens is 231 g/mol. The predicted molar refractivity (Wildman–Crippen MR) is 59.3 cm³/mol.